The predicted octanol–water partition coefficient (Wildman–Crippen LogP) is 3.43. The van der Waals surface area contributed by atoms with Gasteiger partial charge in [0, 0.05) is 24.1 Å². The average Bonchev–Trinajstić information content (AvgIpc) is 2.91. The van der Waals surface area contributed by atoms with Gasteiger partial charge in [0.05, 0.1) is 14.2 Å². The van der Waals surface area contributed by atoms with E-state index in [0.29, 0.717) is 11.3 Å². The summed E-state index contributed by atoms with van der Waals surface area (Å²) in [5, 5.41) is 0. The fraction of sp³-hybridized carbons (Fsp3) is 0.238. The number of fused-ring (bicyclic) bond motifs is 1. The third-order valence-corrected chi connectivity index (χ3v) is 4.83. The third kappa shape index (κ3) is 2.97. The van der Waals surface area contributed by atoms with Crippen molar-refractivity contribution in [1.29, 1.82) is 0 Å². The Morgan fingerprint density at radius 2 is 1.93 bits per heavy atom. The Morgan fingerprint density at radius 3 is 2.52 bits per heavy atom. The Bertz CT molecular complexity index is 894. The summed E-state index contributed by atoms with van der Waals surface area (Å²) in [6, 6.07) is 11.0. The lowest BCUT2D eigenvalue weighted by atomic mass is 9.86. The van der Waals surface area contributed by atoms with E-state index in [9.17, 15) is 14.0 Å². The lowest BCUT2D eigenvalue weighted by Crippen LogP contribution is -2.49. The van der Waals surface area contributed by atoms with Crippen LogP contribution in [0.4, 0.5) is 4.39 Å². The van der Waals surface area contributed by atoms with Crippen molar-refractivity contribution in [2.75, 3.05) is 14.2 Å². The normalized spacial score (nSPS) is 18.2. The molecule has 0 bridgehead atoms. The highest BCUT2D eigenvalue weighted by molar-refractivity contribution is 6.06. The van der Waals surface area contributed by atoms with Crippen LogP contribution in [0.3, 0.4) is 0 Å². The maximum atomic E-state index is 13.8. The van der Waals surface area contributed by atoms with Gasteiger partial charge in [-0.1, -0.05) is 24.3 Å². The largest absolute Gasteiger partial charge is 0.497 e. The first-order chi connectivity index (χ1) is 13.0. The second-order valence-electron chi connectivity index (χ2n) is 6.27. The van der Waals surface area contributed by atoms with E-state index in [-0.39, 0.29) is 18.5 Å². The van der Waals surface area contributed by atoms with E-state index in [4.69, 9.17) is 9.47 Å². The number of carbonyl (C=O) groups excluding carboxylic acids is 2. The summed E-state index contributed by atoms with van der Waals surface area (Å²) in [5.74, 6) is -0.866. The summed E-state index contributed by atoms with van der Waals surface area (Å²) in [5.41, 5.74) is 0.0102. The number of halogens is 1. The average molecular weight is 369 g/mol. The molecule has 0 aromatic heterocycles. The van der Waals surface area contributed by atoms with E-state index in [1.54, 1.807) is 25.3 Å². The number of carbonyl (C=O) groups is 2. The maximum absolute atomic E-state index is 13.8. The molecule has 0 saturated carbocycles. The van der Waals surface area contributed by atoms with E-state index < -0.39 is 23.2 Å². The minimum Gasteiger partial charge on any atom is -0.497 e. The Hall–Kier alpha value is -3.15. The number of hydrogen-bond acceptors (Lipinski definition) is 4. The summed E-state index contributed by atoms with van der Waals surface area (Å²) in [6.45, 7) is 3.88. The molecule has 1 heterocycles. The number of esters is 1. The number of rotatable bonds is 6. The summed E-state index contributed by atoms with van der Waals surface area (Å²) in [7, 11) is 2.83. The van der Waals surface area contributed by atoms with Crippen LogP contribution in [0.25, 0.3) is 0 Å². The number of nitrogens with zero attached hydrogens (tertiary/aromatic N) is 1. The van der Waals surface area contributed by atoms with E-state index in [1.807, 2.05) is 12.1 Å². The monoisotopic (exact) mass is 369 g/mol. The van der Waals surface area contributed by atoms with Crippen LogP contribution in [0.1, 0.15) is 27.9 Å². The molecule has 5 nitrogen and oxygen atoms in total. The molecule has 1 atom stereocenters. The van der Waals surface area contributed by atoms with Crippen molar-refractivity contribution >= 4 is 11.9 Å². The molecule has 6 heteroatoms. The molecule has 0 saturated heterocycles. The third-order valence-electron chi connectivity index (χ3n) is 4.83. The summed E-state index contributed by atoms with van der Waals surface area (Å²) < 4.78 is 24.0. The molecule has 1 aliphatic heterocycles. The zero-order valence-corrected chi connectivity index (χ0v) is 15.2. The van der Waals surface area contributed by atoms with Gasteiger partial charge in [0.15, 0.2) is 5.54 Å². The van der Waals surface area contributed by atoms with Gasteiger partial charge in [0.1, 0.15) is 11.6 Å². The summed E-state index contributed by atoms with van der Waals surface area (Å²) in [6.07, 6.45) is 1.71. The Labute approximate surface area is 157 Å². The number of methoxy groups -OCH3 is 2. The van der Waals surface area contributed by atoms with Crippen LogP contribution in [0.2, 0.25) is 0 Å². The van der Waals surface area contributed by atoms with Crippen LogP contribution >= 0.6 is 0 Å². The van der Waals surface area contributed by atoms with Gasteiger partial charge in [-0.15, -0.1) is 6.58 Å². The number of hydrogen-bond donors (Lipinski definition) is 0. The Morgan fingerprint density at radius 1 is 1.22 bits per heavy atom. The van der Waals surface area contributed by atoms with Crippen LogP contribution in [-0.4, -0.2) is 31.0 Å². The van der Waals surface area contributed by atoms with Crippen molar-refractivity contribution in [3.05, 3.63) is 77.6 Å². The molecule has 27 heavy (non-hydrogen) atoms. The molecule has 2 aromatic rings. The van der Waals surface area contributed by atoms with Gasteiger partial charge in [-0.05, 0) is 29.8 Å². The Kier molecular flexibility index (Phi) is 4.99. The van der Waals surface area contributed by atoms with Gasteiger partial charge >= 0.3 is 5.97 Å². The van der Waals surface area contributed by atoms with Gasteiger partial charge in [-0.25, -0.2) is 9.18 Å². The standard InChI is InChI=1S/C21H20FNO4/c1-4-11-21(20(25)27-3)18-10-7-15(22)12-17(18)19(24)23(21)13-14-5-8-16(26-2)9-6-14/h4-10,12H,1,11,13H2,2-3H3. The van der Waals surface area contributed by atoms with Crippen LogP contribution in [-0.2, 0) is 21.6 Å². The van der Waals surface area contributed by atoms with Crippen molar-refractivity contribution in [2.24, 2.45) is 0 Å². The van der Waals surface area contributed by atoms with E-state index in [0.717, 1.165) is 11.6 Å². The van der Waals surface area contributed by atoms with Crippen LogP contribution in [0.5, 0.6) is 5.75 Å². The number of amides is 1. The van der Waals surface area contributed by atoms with Crippen LogP contribution in [0.15, 0.2) is 55.1 Å². The second-order valence-corrected chi connectivity index (χ2v) is 6.27. The maximum Gasteiger partial charge on any atom is 0.336 e. The topological polar surface area (TPSA) is 55.8 Å². The van der Waals surface area contributed by atoms with E-state index in [1.165, 1.54) is 24.1 Å². The minimum atomic E-state index is -1.38. The van der Waals surface area contributed by atoms with Crippen molar-refractivity contribution < 1.29 is 23.5 Å². The molecule has 1 amide bonds. The van der Waals surface area contributed by atoms with Gasteiger partial charge in [-0.2, -0.15) is 0 Å². The SMILES string of the molecule is C=CCC1(C(=O)OC)c2ccc(F)cc2C(=O)N1Cc1ccc(OC)cc1. The molecule has 0 fully saturated rings. The molecular formula is C21H20FNO4. The fourth-order valence-electron chi connectivity index (χ4n) is 3.54. The zero-order chi connectivity index (χ0) is 19.6. The van der Waals surface area contributed by atoms with Crippen molar-refractivity contribution in [3.8, 4) is 5.75 Å². The second kappa shape index (κ2) is 7.23. The molecule has 3 rings (SSSR count). The Balaban J connectivity index is 2.12. The molecule has 0 radical (unpaired) electrons. The molecule has 1 unspecified atom stereocenters. The molecule has 0 spiro atoms. The van der Waals surface area contributed by atoms with Crippen LogP contribution in [0, 0.1) is 5.82 Å². The first-order valence-electron chi connectivity index (χ1n) is 8.42. The summed E-state index contributed by atoms with van der Waals surface area (Å²) >= 11 is 0. The highest BCUT2D eigenvalue weighted by Gasteiger charge is 2.55. The van der Waals surface area contributed by atoms with E-state index >= 15 is 0 Å². The number of ether oxygens (including phenoxy) is 2. The molecule has 1 aliphatic rings. The van der Waals surface area contributed by atoms with Crippen molar-refractivity contribution in [1.82, 2.24) is 4.90 Å². The van der Waals surface area contributed by atoms with Crippen molar-refractivity contribution in [2.45, 2.75) is 18.5 Å². The first-order valence-corrected chi connectivity index (χ1v) is 8.42. The zero-order valence-electron chi connectivity index (χ0n) is 15.2. The quantitative estimate of drug-likeness (QED) is 0.578. The molecule has 140 valence electrons. The van der Waals surface area contributed by atoms with Gasteiger partial charge in [-0.3, -0.25) is 4.79 Å². The lowest BCUT2D eigenvalue weighted by molar-refractivity contribution is -0.154. The van der Waals surface area contributed by atoms with Crippen LogP contribution < -0.4 is 4.74 Å². The highest BCUT2D eigenvalue weighted by atomic mass is 19.1. The summed E-state index contributed by atoms with van der Waals surface area (Å²) in [4.78, 5) is 27.3. The predicted molar refractivity (Wildman–Crippen MR) is 97.8 cm³/mol. The molecular weight excluding hydrogens is 349 g/mol. The molecule has 0 N–H and O–H groups in total. The minimum absolute atomic E-state index is 0.153. The smallest absolute Gasteiger partial charge is 0.336 e. The van der Waals surface area contributed by atoms with Gasteiger partial charge in [0.2, 0.25) is 0 Å². The first kappa shape index (κ1) is 18.6. The molecule has 2 aromatic carbocycles. The number of benzene rings is 2. The lowest BCUT2D eigenvalue weighted by Gasteiger charge is -2.36. The molecule has 0 aliphatic carbocycles. The van der Waals surface area contributed by atoms with Gasteiger partial charge in [0.25, 0.3) is 5.91 Å². The highest BCUT2D eigenvalue weighted by Crippen LogP contribution is 2.44. The van der Waals surface area contributed by atoms with Crippen molar-refractivity contribution in [3.63, 3.8) is 0 Å². The fourth-order valence-corrected chi connectivity index (χ4v) is 3.54. The van der Waals surface area contributed by atoms with Gasteiger partial charge < -0.3 is 14.4 Å². The van der Waals surface area contributed by atoms with E-state index in [2.05, 4.69) is 6.58 Å².